The van der Waals surface area contributed by atoms with Crippen LogP contribution in [0.5, 0.6) is 0 Å². The fourth-order valence-corrected chi connectivity index (χ4v) is 2.27. The topological polar surface area (TPSA) is 52.7 Å². The van der Waals surface area contributed by atoms with Gasteiger partial charge in [-0.1, -0.05) is 12.1 Å². The Labute approximate surface area is 116 Å². The summed E-state index contributed by atoms with van der Waals surface area (Å²) in [6.07, 6.45) is 7.99. The van der Waals surface area contributed by atoms with E-state index in [1.54, 1.807) is 23.4 Å². The average Bonchev–Trinajstić information content (AvgIpc) is 3.01. The van der Waals surface area contributed by atoms with E-state index >= 15 is 0 Å². The van der Waals surface area contributed by atoms with Crippen LogP contribution in [0.2, 0.25) is 0 Å². The molecule has 0 bridgehead atoms. The number of hydrogen-bond donors (Lipinski definition) is 0. The van der Waals surface area contributed by atoms with Crippen molar-refractivity contribution in [3.8, 4) is 0 Å². The summed E-state index contributed by atoms with van der Waals surface area (Å²) in [7, 11) is 0. The summed E-state index contributed by atoms with van der Waals surface area (Å²) in [6, 6.07) is 7.73. The normalized spacial score (nSPS) is 12.7. The molecule has 2 aromatic heterocycles. The van der Waals surface area contributed by atoms with Crippen molar-refractivity contribution in [2.75, 3.05) is 0 Å². The second-order valence-corrected chi connectivity index (χ2v) is 4.91. The third kappa shape index (κ3) is 2.34. The van der Waals surface area contributed by atoms with Crippen LogP contribution in [-0.2, 0) is 6.54 Å². The van der Waals surface area contributed by atoms with Crippen LogP contribution in [0.25, 0.3) is 10.9 Å². The van der Waals surface area contributed by atoms with Crippen molar-refractivity contribution < 1.29 is 0 Å². The van der Waals surface area contributed by atoms with Gasteiger partial charge in [0.2, 0.25) is 0 Å². The quantitative estimate of drug-likeness (QED) is 0.729. The summed E-state index contributed by atoms with van der Waals surface area (Å²) in [5.74, 6) is 0. The minimum absolute atomic E-state index is 0.0217. The zero-order chi connectivity index (χ0) is 13.9. The molecule has 5 heteroatoms. The summed E-state index contributed by atoms with van der Waals surface area (Å²) in [5.41, 5.74) is 0.768. The fraction of sp³-hybridized carbons (Fsp3) is 0.267. The molecule has 0 saturated heterocycles. The van der Waals surface area contributed by atoms with Crippen molar-refractivity contribution in [2.24, 2.45) is 0 Å². The first-order chi connectivity index (χ1) is 9.75. The SMILES string of the molecule is CC(CCn1cnc2ccccc2c1=O)n1ccnc1. The van der Waals surface area contributed by atoms with Gasteiger partial charge in [-0.05, 0) is 25.5 Å². The number of fused-ring (bicyclic) bond motifs is 1. The predicted molar refractivity (Wildman–Crippen MR) is 77.6 cm³/mol. The molecule has 102 valence electrons. The van der Waals surface area contributed by atoms with Crippen LogP contribution in [-0.4, -0.2) is 19.1 Å². The minimum Gasteiger partial charge on any atom is -0.335 e. The lowest BCUT2D eigenvalue weighted by Gasteiger charge is -2.13. The van der Waals surface area contributed by atoms with E-state index in [0.29, 0.717) is 18.0 Å². The highest BCUT2D eigenvalue weighted by Crippen LogP contribution is 2.11. The number of aryl methyl sites for hydroxylation is 1. The molecular formula is C15H16N4O. The lowest BCUT2D eigenvalue weighted by molar-refractivity contribution is 0.458. The lowest BCUT2D eigenvalue weighted by atomic mass is 10.2. The Bertz CT molecular complexity index is 761. The van der Waals surface area contributed by atoms with Gasteiger partial charge in [0.25, 0.3) is 5.56 Å². The van der Waals surface area contributed by atoms with E-state index in [0.717, 1.165) is 11.9 Å². The van der Waals surface area contributed by atoms with Gasteiger partial charge in [0.1, 0.15) is 0 Å². The first-order valence-electron chi connectivity index (χ1n) is 6.67. The van der Waals surface area contributed by atoms with Crippen molar-refractivity contribution in [1.29, 1.82) is 0 Å². The largest absolute Gasteiger partial charge is 0.335 e. The van der Waals surface area contributed by atoms with Gasteiger partial charge in [-0.25, -0.2) is 9.97 Å². The number of nitrogens with zero attached hydrogens (tertiary/aromatic N) is 4. The Morgan fingerprint density at radius 1 is 1.25 bits per heavy atom. The highest BCUT2D eigenvalue weighted by atomic mass is 16.1. The first-order valence-corrected chi connectivity index (χ1v) is 6.67. The van der Waals surface area contributed by atoms with Gasteiger partial charge in [-0.15, -0.1) is 0 Å². The maximum atomic E-state index is 12.3. The molecule has 1 unspecified atom stereocenters. The van der Waals surface area contributed by atoms with Crippen molar-refractivity contribution in [2.45, 2.75) is 25.9 Å². The third-order valence-electron chi connectivity index (χ3n) is 3.55. The summed E-state index contributed by atoms with van der Waals surface area (Å²) in [4.78, 5) is 20.7. The van der Waals surface area contributed by atoms with Crippen LogP contribution in [0.3, 0.4) is 0 Å². The van der Waals surface area contributed by atoms with Crippen molar-refractivity contribution in [1.82, 2.24) is 19.1 Å². The van der Waals surface area contributed by atoms with Gasteiger partial charge in [0.15, 0.2) is 0 Å². The molecule has 20 heavy (non-hydrogen) atoms. The van der Waals surface area contributed by atoms with Crippen LogP contribution in [0.4, 0.5) is 0 Å². The molecule has 0 N–H and O–H groups in total. The molecule has 0 radical (unpaired) electrons. The molecule has 1 aromatic carbocycles. The van der Waals surface area contributed by atoms with Crippen molar-refractivity contribution in [3.63, 3.8) is 0 Å². The first kappa shape index (κ1) is 12.6. The predicted octanol–water partition coefficient (Wildman–Crippen LogP) is 2.24. The molecule has 2 heterocycles. The van der Waals surface area contributed by atoms with Crippen molar-refractivity contribution in [3.05, 3.63) is 59.7 Å². The second-order valence-electron chi connectivity index (χ2n) is 4.91. The van der Waals surface area contributed by atoms with E-state index in [1.165, 1.54) is 0 Å². The van der Waals surface area contributed by atoms with Gasteiger partial charge in [0.05, 0.1) is 23.6 Å². The molecule has 0 saturated carbocycles. The lowest BCUT2D eigenvalue weighted by Crippen LogP contribution is -2.22. The molecule has 0 fully saturated rings. The maximum absolute atomic E-state index is 12.3. The highest BCUT2D eigenvalue weighted by molar-refractivity contribution is 5.76. The summed E-state index contributed by atoms with van der Waals surface area (Å²) in [6.45, 7) is 2.76. The summed E-state index contributed by atoms with van der Waals surface area (Å²) < 4.78 is 3.72. The van der Waals surface area contributed by atoms with E-state index in [2.05, 4.69) is 16.9 Å². The molecule has 3 rings (SSSR count). The number of aromatic nitrogens is 4. The minimum atomic E-state index is 0.0217. The zero-order valence-electron chi connectivity index (χ0n) is 11.3. The number of hydrogen-bond acceptors (Lipinski definition) is 3. The Morgan fingerprint density at radius 3 is 2.90 bits per heavy atom. The van der Waals surface area contributed by atoms with Gasteiger partial charge >= 0.3 is 0 Å². The van der Waals surface area contributed by atoms with E-state index in [1.807, 2.05) is 35.0 Å². The Balaban J connectivity index is 1.81. The van der Waals surface area contributed by atoms with Gasteiger partial charge in [-0.3, -0.25) is 9.36 Å². The number of rotatable bonds is 4. The molecular weight excluding hydrogens is 252 g/mol. The van der Waals surface area contributed by atoms with E-state index in [9.17, 15) is 4.79 Å². The van der Waals surface area contributed by atoms with Crippen LogP contribution in [0, 0.1) is 0 Å². The fourth-order valence-electron chi connectivity index (χ4n) is 2.27. The molecule has 0 aliphatic carbocycles. The molecule has 0 aliphatic rings. The van der Waals surface area contributed by atoms with Crippen molar-refractivity contribution >= 4 is 10.9 Å². The van der Waals surface area contributed by atoms with E-state index in [4.69, 9.17) is 0 Å². The second kappa shape index (κ2) is 5.28. The zero-order valence-corrected chi connectivity index (χ0v) is 11.3. The number of benzene rings is 1. The Hall–Kier alpha value is -2.43. The maximum Gasteiger partial charge on any atom is 0.261 e. The number of imidazole rings is 1. The standard InChI is InChI=1S/C15H16N4O/c1-12(18-9-7-16-10-18)6-8-19-11-17-14-5-3-2-4-13(14)15(19)20/h2-5,7,9-12H,6,8H2,1H3. The van der Waals surface area contributed by atoms with Gasteiger partial charge in [0, 0.05) is 25.0 Å². The van der Waals surface area contributed by atoms with Crippen LogP contribution >= 0.6 is 0 Å². The van der Waals surface area contributed by atoms with Gasteiger partial charge < -0.3 is 4.57 Å². The third-order valence-corrected chi connectivity index (χ3v) is 3.55. The molecule has 0 amide bonds. The smallest absolute Gasteiger partial charge is 0.261 e. The molecule has 5 nitrogen and oxygen atoms in total. The van der Waals surface area contributed by atoms with Crippen LogP contribution in [0.15, 0.2) is 54.1 Å². The van der Waals surface area contributed by atoms with E-state index < -0.39 is 0 Å². The molecule has 0 spiro atoms. The molecule has 3 aromatic rings. The monoisotopic (exact) mass is 268 g/mol. The summed E-state index contributed by atoms with van der Waals surface area (Å²) >= 11 is 0. The molecule has 1 atom stereocenters. The molecule has 0 aliphatic heterocycles. The van der Waals surface area contributed by atoms with Gasteiger partial charge in [-0.2, -0.15) is 0 Å². The Kier molecular flexibility index (Phi) is 3.33. The van der Waals surface area contributed by atoms with Crippen LogP contribution < -0.4 is 5.56 Å². The van der Waals surface area contributed by atoms with Crippen LogP contribution in [0.1, 0.15) is 19.4 Å². The number of para-hydroxylation sites is 1. The highest BCUT2D eigenvalue weighted by Gasteiger charge is 2.07. The Morgan fingerprint density at radius 2 is 2.10 bits per heavy atom. The van der Waals surface area contributed by atoms with E-state index in [-0.39, 0.29) is 5.56 Å². The average molecular weight is 268 g/mol. The summed E-state index contributed by atoms with van der Waals surface area (Å²) in [5, 5.41) is 0.672.